The standard InChI is InChI=1S/C11H17F3N4/c1-8(2)18(7-11(12,13)14)10-6-16-5-9(17-10)4-15-3/h5-6,8,15H,4,7H2,1-3H3. The molecular formula is C11H17F3N4. The molecule has 0 bridgehead atoms. The Balaban J connectivity index is 2.95. The highest BCUT2D eigenvalue weighted by molar-refractivity contribution is 5.37. The van der Waals surface area contributed by atoms with Gasteiger partial charge >= 0.3 is 6.18 Å². The van der Waals surface area contributed by atoms with E-state index in [1.807, 2.05) is 0 Å². The molecule has 4 nitrogen and oxygen atoms in total. The Labute approximate surface area is 104 Å². The maximum Gasteiger partial charge on any atom is 0.405 e. The first-order valence-electron chi connectivity index (χ1n) is 5.62. The number of nitrogens with one attached hydrogen (secondary N) is 1. The molecule has 1 N–H and O–H groups in total. The van der Waals surface area contributed by atoms with Crippen LogP contribution in [0.5, 0.6) is 0 Å². The van der Waals surface area contributed by atoms with Crippen molar-refractivity contribution in [1.29, 1.82) is 0 Å². The van der Waals surface area contributed by atoms with Gasteiger partial charge < -0.3 is 10.2 Å². The molecule has 102 valence electrons. The summed E-state index contributed by atoms with van der Waals surface area (Å²) in [7, 11) is 1.74. The molecule has 0 unspecified atom stereocenters. The van der Waals surface area contributed by atoms with Crippen molar-refractivity contribution < 1.29 is 13.2 Å². The minimum atomic E-state index is -4.26. The van der Waals surface area contributed by atoms with Gasteiger partial charge in [-0.25, -0.2) is 4.98 Å². The molecule has 0 saturated heterocycles. The molecular weight excluding hydrogens is 245 g/mol. The number of rotatable bonds is 5. The normalized spacial score (nSPS) is 11.9. The fourth-order valence-electron chi connectivity index (χ4n) is 1.52. The van der Waals surface area contributed by atoms with E-state index >= 15 is 0 Å². The lowest BCUT2D eigenvalue weighted by Gasteiger charge is -2.28. The van der Waals surface area contributed by atoms with Crippen molar-refractivity contribution in [3.05, 3.63) is 18.1 Å². The minimum absolute atomic E-state index is 0.245. The summed E-state index contributed by atoms with van der Waals surface area (Å²) in [6.07, 6.45) is -1.37. The van der Waals surface area contributed by atoms with E-state index in [-0.39, 0.29) is 11.9 Å². The van der Waals surface area contributed by atoms with Crippen LogP contribution in [0.1, 0.15) is 19.5 Å². The lowest BCUT2D eigenvalue weighted by molar-refractivity contribution is -0.120. The van der Waals surface area contributed by atoms with Crippen LogP contribution < -0.4 is 10.2 Å². The summed E-state index contributed by atoms with van der Waals surface area (Å²) < 4.78 is 37.5. The Morgan fingerprint density at radius 2 is 2.00 bits per heavy atom. The van der Waals surface area contributed by atoms with E-state index in [4.69, 9.17) is 0 Å². The van der Waals surface area contributed by atoms with Crippen LogP contribution in [-0.2, 0) is 6.54 Å². The molecule has 18 heavy (non-hydrogen) atoms. The van der Waals surface area contributed by atoms with Crippen molar-refractivity contribution in [3.8, 4) is 0 Å². The van der Waals surface area contributed by atoms with Crippen LogP contribution >= 0.6 is 0 Å². The van der Waals surface area contributed by atoms with Gasteiger partial charge in [-0.3, -0.25) is 4.98 Å². The van der Waals surface area contributed by atoms with Gasteiger partial charge in [-0.2, -0.15) is 13.2 Å². The highest BCUT2D eigenvalue weighted by atomic mass is 19.4. The Hall–Kier alpha value is -1.37. The third-order valence-corrected chi connectivity index (χ3v) is 2.30. The van der Waals surface area contributed by atoms with E-state index in [1.165, 1.54) is 17.3 Å². The van der Waals surface area contributed by atoms with Crippen LogP contribution in [0.2, 0.25) is 0 Å². The van der Waals surface area contributed by atoms with Crippen molar-refractivity contribution >= 4 is 5.82 Å². The molecule has 1 aromatic rings. The maximum absolute atomic E-state index is 12.5. The smallest absolute Gasteiger partial charge is 0.344 e. The molecule has 1 rings (SSSR count). The van der Waals surface area contributed by atoms with Crippen molar-refractivity contribution in [3.63, 3.8) is 0 Å². The number of nitrogens with zero attached hydrogens (tertiary/aromatic N) is 3. The van der Waals surface area contributed by atoms with Gasteiger partial charge in [-0.15, -0.1) is 0 Å². The molecule has 1 aromatic heterocycles. The molecule has 0 amide bonds. The number of aromatic nitrogens is 2. The molecule has 1 heterocycles. The van der Waals surface area contributed by atoms with Crippen LogP contribution in [0.3, 0.4) is 0 Å². The van der Waals surface area contributed by atoms with E-state index in [0.717, 1.165) is 0 Å². The molecule has 7 heteroatoms. The van der Waals surface area contributed by atoms with Crippen molar-refractivity contribution in [1.82, 2.24) is 15.3 Å². The summed E-state index contributed by atoms with van der Waals surface area (Å²) in [6.45, 7) is 2.83. The fourth-order valence-corrected chi connectivity index (χ4v) is 1.52. The minimum Gasteiger partial charge on any atom is -0.344 e. The number of halogens is 3. The van der Waals surface area contributed by atoms with Crippen molar-refractivity contribution in [2.45, 2.75) is 32.6 Å². The molecule has 0 aliphatic carbocycles. The lowest BCUT2D eigenvalue weighted by atomic mass is 10.3. The van der Waals surface area contributed by atoms with Gasteiger partial charge in [0, 0.05) is 18.8 Å². The van der Waals surface area contributed by atoms with E-state index in [1.54, 1.807) is 20.9 Å². The van der Waals surface area contributed by atoms with Crippen LogP contribution in [0.15, 0.2) is 12.4 Å². The van der Waals surface area contributed by atoms with Gasteiger partial charge in [0.25, 0.3) is 0 Å². The third-order valence-electron chi connectivity index (χ3n) is 2.30. The van der Waals surface area contributed by atoms with Crippen LogP contribution in [0, 0.1) is 0 Å². The van der Waals surface area contributed by atoms with Crippen molar-refractivity contribution in [2.75, 3.05) is 18.5 Å². The zero-order valence-corrected chi connectivity index (χ0v) is 10.6. The van der Waals surface area contributed by atoms with Crippen molar-refractivity contribution in [2.24, 2.45) is 0 Å². The molecule has 0 aliphatic heterocycles. The first-order valence-corrected chi connectivity index (χ1v) is 5.62. The number of hydrogen-bond donors (Lipinski definition) is 1. The highest BCUT2D eigenvalue weighted by Gasteiger charge is 2.32. The summed E-state index contributed by atoms with van der Waals surface area (Å²) in [5.74, 6) is 0.245. The van der Waals surface area contributed by atoms with Gasteiger partial charge in [0.1, 0.15) is 12.4 Å². The predicted molar refractivity (Wildman–Crippen MR) is 63.3 cm³/mol. The fraction of sp³-hybridized carbons (Fsp3) is 0.636. The topological polar surface area (TPSA) is 41.1 Å². The second-order valence-electron chi connectivity index (χ2n) is 4.24. The Morgan fingerprint density at radius 3 is 2.50 bits per heavy atom. The van der Waals surface area contributed by atoms with Gasteiger partial charge in [0.2, 0.25) is 0 Å². The van der Waals surface area contributed by atoms with Crippen LogP contribution in [0.25, 0.3) is 0 Å². The first-order chi connectivity index (χ1) is 8.33. The molecule has 0 spiro atoms. The predicted octanol–water partition coefficient (Wildman–Crippen LogP) is 1.97. The number of anilines is 1. The van der Waals surface area contributed by atoms with E-state index in [0.29, 0.717) is 12.2 Å². The number of alkyl halides is 3. The summed E-state index contributed by atoms with van der Waals surface area (Å²) in [6, 6.07) is -0.300. The SMILES string of the molecule is CNCc1cncc(N(CC(F)(F)F)C(C)C)n1. The average molecular weight is 262 g/mol. The zero-order valence-electron chi connectivity index (χ0n) is 10.6. The van der Waals surface area contributed by atoms with E-state index in [9.17, 15) is 13.2 Å². The Kier molecular flexibility index (Phi) is 4.89. The summed E-state index contributed by atoms with van der Waals surface area (Å²) in [5, 5.41) is 2.88. The first kappa shape index (κ1) is 14.7. The Morgan fingerprint density at radius 1 is 1.33 bits per heavy atom. The highest BCUT2D eigenvalue weighted by Crippen LogP contribution is 2.22. The molecule has 0 radical (unpaired) electrons. The Bertz CT molecular complexity index is 379. The largest absolute Gasteiger partial charge is 0.405 e. The number of hydrogen-bond acceptors (Lipinski definition) is 4. The van der Waals surface area contributed by atoms with Crippen LogP contribution in [0.4, 0.5) is 19.0 Å². The van der Waals surface area contributed by atoms with Gasteiger partial charge in [-0.1, -0.05) is 0 Å². The lowest BCUT2D eigenvalue weighted by Crippen LogP contribution is -2.39. The molecule has 0 fully saturated rings. The second kappa shape index (κ2) is 5.99. The van der Waals surface area contributed by atoms with E-state index in [2.05, 4.69) is 15.3 Å². The quantitative estimate of drug-likeness (QED) is 0.881. The van der Waals surface area contributed by atoms with E-state index < -0.39 is 12.7 Å². The third kappa shape index (κ3) is 4.48. The molecule has 0 saturated carbocycles. The second-order valence-corrected chi connectivity index (χ2v) is 4.24. The summed E-state index contributed by atoms with van der Waals surface area (Å²) in [5.41, 5.74) is 0.614. The summed E-state index contributed by atoms with van der Waals surface area (Å²) in [4.78, 5) is 9.28. The average Bonchev–Trinajstić information content (AvgIpc) is 2.25. The molecule has 0 aromatic carbocycles. The van der Waals surface area contributed by atoms with Gasteiger partial charge in [-0.05, 0) is 20.9 Å². The van der Waals surface area contributed by atoms with Gasteiger partial charge in [0.05, 0.1) is 11.9 Å². The summed E-state index contributed by atoms with van der Waals surface area (Å²) >= 11 is 0. The maximum atomic E-state index is 12.5. The van der Waals surface area contributed by atoms with Gasteiger partial charge in [0.15, 0.2) is 0 Å². The molecule has 0 aliphatic rings. The zero-order chi connectivity index (χ0) is 13.8. The molecule has 0 atom stereocenters. The van der Waals surface area contributed by atoms with Crippen LogP contribution in [-0.4, -0.2) is 35.8 Å². The monoisotopic (exact) mass is 262 g/mol.